The molecule has 0 amide bonds. The Balaban J connectivity index is 2.08. The minimum absolute atomic E-state index is 0.529. The van der Waals surface area contributed by atoms with E-state index in [0.29, 0.717) is 5.41 Å². The fourth-order valence-corrected chi connectivity index (χ4v) is 2.40. The van der Waals surface area contributed by atoms with Gasteiger partial charge in [0, 0.05) is 6.54 Å². The average molecular weight is 189 g/mol. The molecule has 1 nitrogen and oxygen atoms in total. The predicted octanol–water partition coefficient (Wildman–Crippen LogP) is 2.62. The number of benzene rings is 1. The van der Waals surface area contributed by atoms with E-state index >= 15 is 0 Å². The molecule has 1 heterocycles. The van der Waals surface area contributed by atoms with Gasteiger partial charge < -0.3 is 5.32 Å². The maximum atomic E-state index is 3.48. The molecule has 1 heteroatoms. The monoisotopic (exact) mass is 189 g/mol. The Labute approximate surface area is 86.5 Å². The Bertz CT molecular complexity index is 273. The van der Waals surface area contributed by atoms with Crippen molar-refractivity contribution < 1.29 is 0 Å². The Morgan fingerprint density at radius 2 is 2.07 bits per heavy atom. The lowest BCUT2D eigenvalue weighted by molar-refractivity contribution is 0.307. The molecule has 0 aromatic heterocycles. The first kappa shape index (κ1) is 9.72. The summed E-state index contributed by atoms with van der Waals surface area (Å²) in [6.45, 7) is 4.70. The fraction of sp³-hybridized carbons (Fsp3) is 0.538. The van der Waals surface area contributed by atoms with Gasteiger partial charge in [0.05, 0.1) is 0 Å². The van der Waals surface area contributed by atoms with Gasteiger partial charge in [-0.15, -0.1) is 0 Å². The highest BCUT2D eigenvalue weighted by atomic mass is 14.9. The highest BCUT2D eigenvalue weighted by Crippen LogP contribution is 2.33. The third-order valence-electron chi connectivity index (χ3n) is 3.50. The Kier molecular flexibility index (Phi) is 2.87. The van der Waals surface area contributed by atoms with E-state index in [-0.39, 0.29) is 0 Å². The molecule has 14 heavy (non-hydrogen) atoms. The Hall–Kier alpha value is -0.820. The minimum atomic E-state index is 0.529. The summed E-state index contributed by atoms with van der Waals surface area (Å²) in [5, 5.41) is 3.48. The first-order chi connectivity index (χ1) is 6.85. The number of hydrogen-bond acceptors (Lipinski definition) is 1. The zero-order valence-electron chi connectivity index (χ0n) is 8.92. The van der Waals surface area contributed by atoms with Crippen LogP contribution in [0.3, 0.4) is 0 Å². The second kappa shape index (κ2) is 4.14. The Morgan fingerprint density at radius 1 is 1.29 bits per heavy atom. The van der Waals surface area contributed by atoms with Crippen LogP contribution >= 0.6 is 0 Å². The largest absolute Gasteiger partial charge is 0.316 e. The second-order valence-corrected chi connectivity index (χ2v) is 4.44. The number of nitrogens with one attached hydrogen (secondary N) is 1. The van der Waals surface area contributed by atoms with Crippen LogP contribution in [0.1, 0.15) is 25.3 Å². The van der Waals surface area contributed by atoms with Crippen molar-refractivity contribution in [2.45, 2.75) is 26.2 Å². The minimum Gasteiger partial charge on any atom is -0.316 e. The highest BCUT2D eigenvalue weighted by Gasteiger charge is 2.31. The van der Waals surface area contributed by atoms with Crippen LogP contribution in [0.4, 0.5) is 0 Å². The van der Waals surface area contributed by atoms with Crippen molar-refractivity contribution in [3.05, 3.63) is 35.9 Å². The lowest BCUT2D eigenvalue weighted by atomic mass is 9.78. The van der Waals surface area contributed by atoms with Crippen LogP contribution in [-0.4, -0.2) is 13.1 Å². The molecule has 76 valence electrons. The smallest absolute Gasteiger partial charge is 0.00114 e. The van der Waals surface area contributed by atoms with Gasteiger partial charge in [0.2, 0.25) is 0 Å². The van der Waals surface area contributed by atoms with Crippen molar-refractivity contribution in [2.24, 2.45) is 5.41 Å². The molecule has 0 radical (unpaired) electrons. The topological polar surface area (TPSA) is 12.0 Å². The molecule has 1 aliphatic heterocycles. The van der Waals surface area contributed by atoms with Gasteiger partial charge in [-0.2, -0.15) is 0 Å². The molecular weight excluding hydrogens is 170 g/mol. The first-order valence-corrected chi connectivity index (χ1v) is 5.59. The van der Waals surface area contributed by atoms with Gasteiger partial charge in [-0.05, 0) is 36.8 Å². The second-order valence-electron chi connectivity index (χ2n) is 4.44. The lowest BCUT2D eigenvalue weighted by Gasteiger charge is -2.26. The molecule has 1 N–H and O–H groups in total. The standard InChI is InChI=1S/C13H19N/c1-2-13(8-9-14-11-13)10-12-6-4-3-5-7-12/h3-7,14H,2,8-11H2,1H3/t13-/m1/s1. The van der Waals surface area contributed by atoms with Gasteiger partial charge in [0.1, 0.15) is 0 Å². The lowest BCUT2D eigenvalue weighted by Crippen LogP contribution is -2.25. The molecule has 0 unspecified atom stereocenters. The van der Waals surface area contributed by atoms with Crippen molar-refractivity contribution in [3.63, 3.8) is 0 Å². The van der Waals surface area contributed by atoms with Crippen molar-refractivity contribution in [1.82, 2.24) is 5.32 Å². The highest BCUT2D eigenvalue weighted by molar-refractivity contribution is 5.17. The summed E-state index contributed by atoms with van der Waals surface area (Å²) in [5.41, 5.74) is 2.01. The molecule has 1 aromatic carbocycles. The van der Waals surface area contributed by atoms with E-state index in [1.165, 1.54) is 37.9 Å². The van der Waals surface area contributed by atoms with E-state index < -0.39 is 0 Å². The zero-order valence-corrected chi connectivity index (χ0v) is 8.92. The van der Waals surface area contributed by atoms with Gasteiger partial charge in [0.15, 0.2) is 0 Å². The average Bonchev–Trinajstić information content (AvgIpc) is 2.69. The van der Waals surface area contributed by atoms with Gasteiger partial charge in [-0.25, -0.2) is 0 Å². The summed E-state index contributed by atoms with van der Waals surface area (Å²) in [4.78, 5) is 0. The maximum Gasteiger partial charge on any atom is 0.00114 e. The van der Waals surface area contributed by atoms with Gasteiger partial charge in [0.25, 0.3) is 0 Å². The summed E-state index contributed by atoms with van der Waals surface area (Å²) in [6, 6.07) is 10.9. The summed E-state index contributed by atoms with van der Waals surface area (Å²) in [6.07, 6.45) is 3.85. The normalized spacial score (nSPS) is 26.6. The van der Waals surface area contributed by atoms with Crippen LogP contribution in [0.5, 0.6) is 0 Å². The third kappa shape index (κ3) is 1.98. The molecule has 1 aliphatic rings. The van der Waals surface area contributed by atoms with Crippen molar-refractivity contribution in [3.8, 4) is 0 Å². The van der Waals surface area contributed by atoms with E-state index in [2.05, 4.69) is 42.6 Å². The third-order valence-corrected chi connectivity index (χ3v) is 3.50. The zero-order chi connectivity index (χ0) is 9.86. The van der Waals surface area contributed by atoms with Crippen LogP contribution in [-0.2, 0) is 6.42 Å². The van der Waals surface area contributed by atoms with Crippen LogP contribution in [0.2, 0.25) is 0 Å². The number of hydrogen-bond donors (Lipinski definition) is 1. The molecule has 1 saturated heterocycles. The van der Waals surface area contributed by atoms with Gasteiger partial charge >= 0.3 is 0 Å². The Morgan fingerprint density at radius 3 is 2.64 bits per heavy atom. The van der Waals surface area contributed by atoms with Crippen LogP contribution in [0, 0.1) is 5.41 Å². The molecule has 0 aliphatic carbocycles. The summed E-state index contributed by atoms with van der Waals surface area (Å²) in [5.74, 6) is 0. The molecule has 0 saturated carbocycles. The van der Waals surface area contributed by atoms with E-state index in [0.717, 1.165) is 0 Å². The van der Waals surface area contributed by atoms with Crippen LogP contribution < -0.4 is 5.32 Å². The fourth-order valence-electron chi connectivity index (χ4n) is 2.40. The van der Waals surface area contributed by atoms with E-state index in [4.69, 9.17) is 0 Å². The molecule has 1 aromatic rings. The molecular formula is C13H19N. The maximum absolute atomic E-state index is 3.48. The van der Waals surface area contributed by atoms with E-state index in [9.17, 15) is 0 Å². The quantitative estimate of drug-likeness (QED) is 0.770. The molecule has 0 spiro atoms. The van der Waals surface area contributed by atoms with E-state index in [1.807, 2.05) is 0 Å². The first-order valence-electron chi connectivity index (χ1n) is 5.59. The van der Waals surface area contributed by atoms with Gasteiger partial charge in [-0.3, -0.25) is 0 Å². The molecule has 1 fully saturated rings. The molecule has 1 atom stereocenters. The van der Waals surface area contributed by atoms with Crippen molar-refractivity contribution in [2.75, 3.05) is 13.1 Å². The van der Waals surface area contributed by atoms with Gasteiger partial charge in [-0.1, -0.05) is 37.3 Å². The van der Waals surface area contributed by atoms with Crippen LogP contribution in [0.25, 0.3) is 0 Å². The van der Waals surface area contributed by atoms with Crippen molar-refractivity contribution >= 4 is 0 Å². The number of rotatable bonds is 3. The SMILES string of the molecule is CC[C@]1(Cc2ccccc2)CCNC1. The van der Waals surface area contributed by atoms with Crippen molar-refractivity contribution in [1.29, 1.82) is 0 Å². The van der Waals surface area contributed by atoms with E-state index in [1.54, 1.807) is 0 Å². The molecule has 0 bridgehead atoms. The summed E-state index contributed by atoms with van der Waals surface area (Å²) >= 11 is 0. The summed E-state index contributed by atoms with van der Waals surface area (Å²) in [7, 11) is 0. The molecule has 2 rings (SSSR count). The van der Waals surface area contributed by atoms with Crippen LogP contribution in [0.15, 0.2) is 30.3 Å². The summed E-state index contributed by atoms with van der Waals surface area (Å²) < 4.78 is 0. The predicted molar refractivity (Wildman–Crippen MR) is 60.4 cm³/mol.